The van der Waals surface area contributed by atoms with Crippen molar-refractivity contribution in [2.75, 3.05) is 0 Å². The molecule has 0 N–H and O–H groups in total. The highest BCUT2D eigenvalue weighted by atomic mass is 16.3. The van der Waals surface area contributed by atoms with Crippen molar-refractivity contribution in [1.82, 2.24) is 0 Å². The van der Waals surface area contributed by atoms with Crippen LogP contribution < -0.4 is 0 Å². The number of fused-ring (bicyclic) bond motifs is 3. The van der Waals surface area contributed by atoms with Crippen LogP contribution in [-0.4, -0.2) is 5.71 Å². The van der Waals surface area contributed by atoms with Crippen molar-refractivity contribution >= 4 is 44.1 Å². The molecule has 1 fully saturated rings. The van der Waals surface area contributed by atoms with E-state index < -0.39 is 0 Å². The summed E-state index contributed by atoms with van der Waals surface area (Å²) in [6, 6.07) is 24.1. The summed E-state index contributed by atoms with van der Waals surface area (Å²) in [5.74, 6) is 0.634. The van der Waals surface area contributed by atoms with Crippen molar-refractivity contribution in [3.8, 4) is 0 Å². The highest BCUT2D eigenvalue weighted by Crippen LogP contribution is 2.49. The molecule has 162 valence electrons. The fourth-order valence-corrected chi connectivity index (χ4v) is 6.29. The summed E-state index contributed by atoms with van der Waals surface area (Å²) in [5, 5.41) is 5.01. The summed E-state index contributed by atoms with van der Waals surface area (Å²) in [5.41, 5.74) is 9.46. The summed E-state index contributed by atoms with van der Waals surface area (Å²) < 4.78 is 6.39. The van der Waals surface area contributed by atoms with Gasteiger partial charge >= 0.3 is 0 Å². The molecular weight excluding hydrogens is 402 g/mol. The van der Waals surface area contributed by atoms with Crippen LogP contribution in [0.2, 0.25) is 0 Å². The molecule has 33 heavy (non-hydrogen) atoms. The lowest BCUT2D eigenvalue weighted by Crippen LogP contribution is -2.05. The van der Waals surface area contributed by atoms with E-state index in [0.717, 1.165) is 33.5 Å². The number of benzene rings is 4. The molecule has 2 heteroatoms. The molecule has 4 aromatic carbocycles. The van der Waals surface area contributed by atoms with E-state index in [4.69, 9.17) is 9.41 Å². The van der Waals surface area contributed by atoms with Crippen LogP contribution in [0.5, 0.6) is 0 Å². The Kier molecular flexibility index (Phi) is 3.81. The largest absolute Gasteiger partial charge is 0.455 e. The molecule has 1 atom stereocenters. The molecule has 1 aliphatic carbocycles. The molecule has 2 nitrogen and oxygen atoms in total. The number of rotatable bonds is 2. The third-order valence-electron chi connectivity index (χ3n) is 7.83. The quantitative estimate of drug-likeness (QED) is 0.270. The second kappa shape index (κ2) is 6.57. The lowest BCUT2D eigenvalue weighted by molar-refractivity contribution is 0.376. The second-order valence-electron chi connectivity index (χ2n) is 10.8. The van der Waals surface area contributed by atoms with Crippen LogP contribution in [0, 0.1) is 12.3 Å². The Balaban J connectivity index is 1.45. The van der Waals surface area contributed by atoms with Gasteiger partial charge in [0.05, 0.1) is 11.4 Å². The molecule has 0 radical (unpaired) electrons. The first-order chi connectivity index (χ1) is 16.0. The third-order valence-corrected chi connectivity index (χ3v) is 7.83. The minimum atomic E-state index is 0.434. The van der Waals surface area contributed by atoms with Crippen molar-refractivity contribution in [3.63, 3.8) is 0 Å². The number of aliphatic imine (C=N–C) groups is 1. The molecule has 1 saturated carbocycles. The van der Waals surface area contributed by atoms with Crippen LogP contribution in [-0.2, 0) is 0 Å². The highest BCUT2D eigenvalue weighted by Gasteiger charge is 2.33. The van der Waals surface area contributed by atoms with Gasteiger partial charge in [-0.25, -0.2) is 4.99 Å². The van der Waals surface area contributed by atoms with Crippen LogP contribution in [0.25, 0.3) is 32.7 Å². The van der Waals surface area contributed by atoms with Crippen molar-refractivity contribution in [2.24, 2.45) is 10.4 Å². The molecule has 1 unspecified atom stereocenters. The maximum Gasteiger partial charge on any atom is 0.144 e. The van der Waals surface area contributed by atoms with Crippen molar-refractivity contribution < 1.29 is 4.42 Å². The van der Waals surface area contributed by atoms with E-state index in [-0.39, 0.29) is 0 Å². The van der Waals surface area contributed by atoms with Gasteiger partial charge in [-0.3, -0.25) is 0 Å². The number of aryl methyl sites for hydroxylation is 1. The standard InChI is InChI=1S/C31H27NO/c1-18-15-24-21-7-4-5-10-27(21)33-30(24)25(16-18)29-23-9-6-8-22-20(11-12-26(32-29)28(22)23)19-13-14-31(2,3)17-19/h4-12,15-16,19H,13-14,17H2,1-3H3. The Hall–Kier alpha value is -3.39. The molecule has 0 saturated heterocycles. The number of nitrogens with zero attached hydrogens (tertiary/aromatic N) is 1. The van der Waals surface area contributed by atoms with Crippen LogP contribution in [0.3, 0.4) is 0 Å². The van der Waals surface area contributed by atoms with Gasteiger partial charge < -0.3 is 4.42 Å². The van der Waals surface area contributed by atoms with E-state index in [1.165, 1.54) is 52.1 Å². The Morgan fingerprint density at radius 3 is 2.58 bits per heavy atom. The van der Waals surface area contributed by atoms with E-state index >= 15 is 0 Å². The molecule has 1 aromatic heterocycles. The van der Waals surface area contributed by atoms with Crippen LogP contribution in [0.15, 0.2) is 76.1 Å². The Bertz CT molecular complexity index is 1630. The third kappa shape index (κ3) is 2.76. The summed E-state index contributed by atoms with van der Waals surface area (Å²) in [4.78, 5) is 5.18. The van der Waals surface area contributed by atoms with Gasteiger partial charge in [0.2, 0.25) is 0 Å². The first-order valence-corrected chi connectivity index (χ1v) is 12.1. The van der Waals surface area contributed by atoms with Gasteiger partial charge in [0.25, 0.3) is 0 Å². The summed E-state index contributed by atoms with van der Waals surface area (Å²) in [6.45, 7) is 6.98. The SMILES string of the molecule is Cc1cc(C2=Nc3ccc(C4CCC(C)(C)C4)c4cccc2c34)c2oc3ccccc3c2c1. The summed E-state index contributed by atoms with van der Waals surface area (Å²) >= 11 is 0. The second-order valence-corrected chi connectivity index (χ2v) is 10.8. The number of furan rings is 1. The van der Waals surface area contributed by atoms with Gasteiger partial charge in [-0.05, 0) is 78.3 Å². The highest BCUT2D eigenvalue weighted by molar-refractivity contribution is 6.30. The van der Waals surface area contributed by atoms with E-state index in [2.05, 4.69) is 81.4 Å². The fraction of sp³-hybridized carbons (Fsp3) is 0.258. The minimum absolute atomic E-state index is 0.434. The molecule has 0 bridgehead atoms. The van der Waals surface area contributed by atoms with Gasteiger partial charge in [0, 0.05) is 27.3 Å². The predicted molar refractivity (Wildman–Crippen MR) is 138 cm³/mol. The maximum atomic E-state index is 6.39. The fourth-order valence-electron chi connectivity index (χ4n) is 6.29. The lowest BCUT2D eigenvalue weighted by Gasteiger charge is -2.18. The topological polar surface area (TPSA) is 25.5 Å². The maximum absolute atomic E-state index is 6.39. The van der Waals surface area contributed by atoms with E-state index in [1.54, 1.807) is 0 Å². The Morgan fingerprint density at radius 2 is 1.73 bits per heavy atom. The van der Waals surface area contributed by atoms with E-state index in [9.17, 15) is 0 Å². The van der Waals surface area contributed by atoms with E-state index in [0.29, 0.717) is 11.3 Å². The summed E-state index contributed by atoms with van der Waals surface area (Å²) in [6.07, 6.45) is 3.84. The van der Waals surface area contributed by atoms with Crippen LogP contribution >= 0.6 is 0 Å². The number of para-hydroxylation sites is 1. The Morgan fingerprint density at radius 1 is 0.879 bits per heavy atom. The van der Waals surface area contributed by atoms with E-state index in [1.807, 2.05) is 6.07 Å². The molecule has 5 aromatic rings. The molecule has 0 amide bonds. The first kappa shape index (κ1) is 19.1. The van der Waals surface area contributed by atoms with Gasteiger partial charge in [-0.2, -0.15) is 0 Å². The zero-order valence-corrected chi connectivity index (χ0v) is 19.4. The molecule has 1 aliphatic heterocycles. The smallest absolute Gasteiger partial charge is 0.144 e. The molecule has 0 spiro atoms. The predicted octanol–water partition coefficient (Wildman–Crippen LogP) is 8.82. The van der Waals surface area contributed by atoms with Crippen molar-refractivity contribution in [1.29, 1.82) is 0 Å². The van der Waals surface area contributed by atoms with Crippen LogP contribution in [0.1, 0.15) is 61.3 Å². The average Bonchev–Trinajstić information content (AvgIpc) is 3.48. The van der Waals surface area contributed by atoms with Crippen LogP contribution in [0.4, 0.5) is 5.69 Å². The normalized spacial score (nSPS) is 19.1. The summed E-state index contributed by atoms with van der Waals surface area (Å²) in [7, 11) is 0. The van der Waals surface area contributed by atoms with Crippen molar-refractivity contribution in [2.45, 2.75) is 46.0 Å². The van der Waals surface area contributed by atoms with Gasteiger partial charge in [0.1, 0.15) is 11.2 Å². The van der Waals surface area contributed by atoms with Crippen molar-refractivity contribution in [3.05, 3.63) is 89.0 Å². The molecule has 7 rings (SSSR count). The lowest BCUT2D eigenvalue weighted by atomic mass is 9.86. The number of hydrogen-bond acceptors (Lipinski definition) is 2. The van der Waals surface area contributed by atoms with Gasteiger partial charge in [-0.1, -0.05) is 56.3 Å². The van der Waals surface area contributed by atoms with Gasteiger partial charge in [-0.15, -0.1) is 0 Å². The molecule has 2 heterocycles. The zero-order chi connectivity index (χ0) is 22.3. The molecular formula is C31H27NO. The first-order valence-electron chi connectivity index (χ1n) is 12.1. The van der Waals surface area contributed by atoms with Gasteiger partial charge in [0.15, 0.2) is 0 Å². The number of hydrogen-bond donors (Lipinski definition) is 0. The average molecular weight is 430 g/mol. The minimum Gasteiger partial charge on any atom is -0.455 e. The zero-order valence-electron chi connectivity index (χ0n) is 19.4. The monoisotopic (exact) mass is 429 g/mol. The Labute approximate surface area is 193 Å². The molecule has 2 aliphatic rings.